The van der Waals surface area contributed by atoms with Crippen LogP contribution < -0.4 is 15.4 Å². The molecule has 0 unspecified atom stereocenters. The first kappa shape index (κ1) is 18.2. The number of halogens is 1. The van der Waals surface area contributed by atoms with E-state index in [0.29, 0.717) is 28.1 Å². The van der Waals surface area contributed by atoms with E-state index in [4.69, 9.17) is 16.3 Å². The first-order valence-electron chi connectivity index (χ1n) is 8.08. The fourth-order valence-corrected chi connectivity index (χ4v) is 3.17. The second-order valence-electron chi connectivity index (χ2n) is 5.49. The van der Waals surface area contributed by atoms with Crippen molar-refractivity contribution in [3.05, 3.63) is 64.1 Å². The molecule has 0 aliphatic rings. The van der Waals surface area contributed by atoms with E-state index in [1.54, 1.807) is 17.5 Å². The summed E-state index contributed by atoms with van der Waals surface area (Å²) in [6.45, 7) is 4.43. The summed E-state index contributed by atoms with van der Waals surface area (Å²) in [5, 5.41) is 8.99. The molecule has 0 spiro atoms. The fraction of sp³-hybridized carbons (Fsp3) is 0.158. The third-order valence-corrected chi connectivity index (χ3v) is 4.84. The van der Waals surface area contributed by atoms with Gasteiger partial charge in [-0.1, -0.05) is 17.7 Å². The lowest BCUT2D eigenvalue weighted by Gasteiger charge is -2.08. The molecule has 2 aromatic carbocycles. The molecule has 0 bridgehead atoms. The monoisotopic (exact) mass is 387 g/mol. The van der Waals surface area contributed by atoms with Gasteiger partial charge in [-0.2, -0.15) is 0 Å². The maximum atomic E-state index is 12.4. The van der Waals surface area contributed by atoms with Crippen molar-refractivity contribution in [3.8, 4) is 5.75 Å². The van der Waals surface area contributed by atoms with Crippen molar-refractivity contribution in [2.75, 3.05) is 17.2 Å². The van der Waals surface area contributed by atoms with Gasteiger partial charge in [0.05, 0.1) is 6.61 Å². The van der Waals surface area contributed by atoms with Crippen LogP contribution in [0.1, 0.15) is 23.0 Å². The quantitative estimate of drug-likeness (QED) is 0.586. The molecule has 1 aromatic heterocycles. The van der Waals surface area contributed by atoms with Crippen LogP contribution in [-0.2, 0) is 0 Å². The third-order valence-electron chi connectivity index (χ3n) is 3.67. The number of rotatable bonds is 6. The highest BCUT2D eigenvalue weighted by atomic mass is 35.5. The topological polar surface area (TPSA) is 63.2 Å². The Labute approximate surface area is 161 Å². The number of aromatic nitrogens is 1. The van der Waals surface area contributed by atoms with Crippen LogP contribution >= 0.6 is 22.9 Å². The van der Waals surface area contributed by atoms with Crippen molar-refractivity contribution in [1.82, 2.24) is 4.98 Å². The van der Waals surface area contributed by atoms with Crippen LogP contribution in [0.15, 0.2) is 47.8 Å². The Balaban J connectivity index is 1.67. The number of benzene rings is 2. The molecule has 26 heavy (non-hydrogen) atoms. The summed E-state index contributed by atoms with van der Waals surface area (Å²) in [6, 6.07) is 13.0. The number of carbonyl (C=O) groups is 1. The molecule has 0 saturated carbocycles. The van der Waals surface area contributed by atoms with Gasteiger partial charge in [-0.15, -0.1) is 11.3 Å². The number of thiazole rings is 1. The summed E-state index contributed by atoms with van der Waals surface area (Å²) >= 11 is 7.45. The number of anilines is 3. The Morgan fingerprint density at radius 3 is 2.73 bits per heavy atom. The van der Waals surface area contributed by atoms with Crippen LogP contribution in [0.25, 0.3) is 0 Å². The van der Waals surface area contributed by atoms with Gasteiger partial charge < -0.3 is 15.4 Å². The lowest BCUT2D eigenvalue weighted by molar-refractivity contribution is 0.102. The van der Waals surface area contributed by atoms with Crippen molar-refractivity contribution in [2.24, 2.45) is 0 Å². The van der Waals surface area contributed by atoms with Crippen molar-refractivity contribution in [3.63, 3.8) is 0 Å². The standard InChI is InChI=1S/C19H18ClN3O2S/c1-3-25-14-9-7-13(8-10-14)21-19-23-17(11-26-19)18(24)22-16-6-4-5-15(20)12(16)2/h4-11H,3H2,1-2H3,(H,21,23)(H,22,24). The highest BCUT2D eigenvalue weighted by molar-refractivity contribution is 7.14. The molecule has 134 valence electrons. The van der Waals surface area contributed by atoms with Gasteiger partial charge in [0.25, 0.3) is 5.91 Å². The number of nitrogens with one attached hydrogen (secondary N) is 2. The van der Waals surface area contributed by atoms with E-state index in [-0.39, 0.29) is 5.91 Å². The van der Waals surface area contributed by atoms with Gasteiger partial charge in [0.1, 0.15) is 11.4 Å². The smallest absolute Gasteiger partial charge is 0.275 e. The lowest BCUT2D eigenvalue weighted by Crippen LogP contribution is -2.13. The molecule has 3 aromatic rings. The van der Waals surface area contributed by atoms with Gasteiger partial charge in [0.15, 0.2) is 5.13 Å². The van der Waals surface area contributed by atoms with Crippen molar-refractivity contribution >= 4 is 45.4 Å². The SMILES string of the molecule is CCOc1ccc(Nc2nc(C(=O)Nc3cccc(Cl)c3C)cs2)cc1. The molecular formula is C19H18ClN3O2S. The normalized spacial score (nSPS) is 10.4. The zero-order valence-corrected chi connectivity index (χ0v) is 15.9. The highest BCUT2D eigenvalue weighted by Gasteiger charge is 2.13. The van der Waals surface area contributed by atoms with Gasteiger partial charge in [0, 0.05) is 21.8 Å². The Bertz CT molecular complexity index is 909. The Morgan fingerprint density at radius 2 is 2.00 bits per heavy atom. The van der Waals surface area contributed by atoms with Crippen LogP contribution in [-0.4, -0.2) is 17.5 Å². The number of amides is 1. The van der Waals surface area contributed by atoms with Gasteiger partial charge in [-0.3, -0.25) is 4.79 Å². The van der Waals surface area contributed by atoms with Gasteiger partial charge >= 0.3 is 0 Å². The predicted molar refractivity (Wildman–Crippen MR) is 107 cm³/mol. The zero-order valence-electron chi connectivity index (χ0n) is 14.4. The molecule has 0 fully saturated rings. The first-order chi connectivity index (χ1) is 12.6. The summed E-state index contributed by atoms with van der Waals surface area (Å²) in [7, 11) is 0. The largest absolute Gasteiger partial charge is 0.494 e. The van der Waals surface area contributed by atoms with E-state index >= 15 is 0 Å². The molecule has 0 saturated heterocycles. The maximum absolute atomic E-state index is 12.4. The minimum Gasteiger partial charge on any atom is -0.494 e. The summed E-state index contributed by atoms with van der Waals surface area (Å²) in [6.07, 6.45) is 0. The molecular weight excluding hydrogens is 370 g/mol. The lowest BCUT2D eigenvalue weighted by atomic mass is 10.2. The van der Waals surface area contributed by atoms with Crippen molar-refractivity contribution in [2.45, 2.75) is 13.8 Å². The van der Waals surface area contributed by atoms with E-state index < -0.39 is 0 Å². The molecule has 7 heteroatoms. The van der Waals surface area contributed by atoms with E-state index in [9.17, 15) is 4.79 Å². The predicted octanol–water partition coefficient (Wildman–Crippen LogP) is 5.50. The van der Waals surface area contributed by atoms with E-state index in [1.807, 2.05) is 44.2 Å². The molecule has 2 N–H and O–H groups in total. The number of hydrogen-bond acceptors (Lipinski definition) is 5. The number of ether oxygens (including phenoxy) is 1. The van der Waals surface area contributed by atoms with Gasteiger partial charge in [-0.05, 0) is 55.8 Å². The molecule has 0 aliphatic carbocycles. The van der Waals surface area contributed by atoms with E-state index in [0.717, 1.165) is 17.0 Å². The van der Waals surface area contributed by atoms with Crippen LogP contribution in [0.5, 0.6) is 5.75 Å². The minimum atomic E-state index is -0.272. The second-order valence-corrected chi connectivity index (χ2v) is 6.75. The molecule has 0 aliphatic heterocycles. The summed E-state index contributed by atoms with van der Waals surface area (Å²) in [4.78, 5) is 16.7. The average Bonchev–Trinajstić information content (AvgIpc) is 3.09. The molecule has 1 amide bonds. The highest BCUT2D eigenvalue weighted by Crippen LogP contribution is 2.25. The summed E-state index contributed by atoms with van der Waals surface area (Å²) in [5.74, 6) is 0.542. The third kappa shape index (κ3) is 4.33. The van der Waals surface area contributed by atoms with Crippen molar-refractivity contribution < 1.29 is 9.53 Å². The zero-order chi connectivity index (χ0) is 18.5. The van der Waals surface area contributed by atoms with E-state index in [2.05, 4.69) is 15.6 Å². The second kappa shape index (κ2) is 8.21. The van der Waals surface area contributed by atoms with Gasteiger partial charge in [0.2, 0.25) is 0 Å². The summed E-state index contributed by atoms with van der Waals surface area (Å²) in [5.41, 5.74) is 2.73. The first-order valence-corrected chi connectivity index (χ1v) is 9.34. The molecule has 1 heterocycles. The maximum Gasteiger partial charge on any atom is 0.275 e. The Kier molecular flexibility index (Phi) is 5.75. The molecule has 3 rings (SSSR count). The number of hydrogen-bond donors (Lipinski definition) is 2. The molecule has 5 nitrogen and oxygen atoms in total. The Hall–Kier alpha value is -2.57. The van der Waals surface area contributed by atoms with Crippen molar-refractivity contribution in [1.29, 1.82) is 0 Å². The molecule has 0 atom stereocenters. The minimum absolute atomic E-state index is 0.272. The Morgan fingerprint density at radius 1 is 1.23 bits per heavy atom. The molecule has 0 radical (unpaired) electrons. The fourth-order valence-electron chi connectivity index (χ4n) is 2.29. The summed E-state index contributed by atoms with van der Waals surface area (Å²) < 4.78 is 5.42. The van der Waals surface area contributed by atoms with Crippen LogP contribution in [0.2, 0.25) is 5.02 Å². The van der Waals surface area contributed by atoms with Crippen LogP contribution in [0.3, 0.4) is 0 Å². The van der Waals surface area contributed by atoms with Crippen LogP contribution in [0.4, 0.5) is 16.5 Å². The number of nitrogens with zero attached hydrogens (tertiary/aromatic N) is 1. The van der Waals surface area contributed by atoms with Gasteiger partial charge in [-0.25, -0.2) is 4.98 Å². The average molecular weight is 388 g/mol. The van der Waals surface area contributed by atoms with E-state index in [1.165, 1.54) is 11.3 Å². The number of carbonyl (C=O) groups excluding carboxylic acids is 1. The van der Waals surface area contributed by atoms with Crippen LogP contribution in [0, 0.1) is 6.92 Å².